The van der Waals surface area contributed by atoms with Crippen LogP contribution in [0.4, 0.5) is 4.39 Å². The van der Waals surface area contributed by atoms with E-state index in [9.17, 15) is 9.50 Å². The first-order valence-electron chi connectivity index (χ1n) is 5.70. The summed E-state index contributed by atoms with van der Waals surface area (Å²) in [7, 11) is 1.58. The van der Waals surface area contributed by atoms with Gasteiger partial charge in [-0.1, -0.05) is 0 Å². The number of aromatic nitrogens is 2. The third kappa shape index (κ3) is 1.99. The number of halogens is 1. The van der Waals surface area contributed by atoms with Crippen molar-refractivity contribution in [3.63, 3.8) is 0 Å². The molecule has 0 fully saturated rings. The highest BCUT2D eigenvalue weighted by Crippen LogP contribution is 2.27. The summed E-state index contributed by atoms with van der Waals surface area (Å²) >= 11 is 0. The fraction of sp³-hybridized carbons (Fsp3) is 0.0714. The lowest BCUT2D eigenvalue weighted by Gasteiger charge is -1.99. The number of phenols is 1. The molecule has 3 rings (SSSR count). The molecule has 1 aromatic heterocycles. The number of nitrogens with one attached hydrogen (secondary N) is 1. The van der Waals surface area contributed by atoms with Crippen molar-refractivity contribution >= 4 is 11.0 Å². The lowest BCUT2D eigenvalue weighted by Crippen LogP contribution is -1.85. The number of hydrogen-bond acceptors (Lipinski definition) is 3. The third-order valence-corrected chi connectivity index (χ3v) is 2.90. The van der Waals surface area contributed by atoms with E-state index >= 15 is 0 Å². The molecule has 0 aliphatic heterocycles. The number of H-pyrrole nitrogens is 1. The number of methoxy groups -OCH3 is 1. The van der Waals surface area contributed by atoms with Crippen molar-refractivity contribution in [3.05, 3.63) is 42.2 Å². The number of rotatable bonds is 2. The van der Waals surface area contributed by atoms with E-state index in [1.165, 1.54) is 12.1 Å². The fourth-order valence-electron chi connectivity index (χ4n) is 1.94. The highest BCUT2D eigenvalue weighted by molar-refractivity contribution is 5.80. The molecule has 1 heterocycles. The zero-order chi connectivity index (χ0) is 13.4. The van der Waals surface area contributed by atoms with Crippen LogP contribution in [0.1, 0.15) is 0 Å². The van der Waals surface area contributed by atoms with Gasteiger partial charge in [-0.3, -0.25) is 0 Å². The van der Waals surface area contributed by atoms with E-state index < -0.39 is 5.82 Å². The standard InChI is InChI=1S/C14H11FN2O2/c1-19-9-3-5-12-13(7-9)17-14(16-12)10-4-2-8(18)6-11(10)15/h2-7,18H,1H3,(H,16,17). The Morgan fingerprint density at radius 2 is 2.05 bits per heavy atom. The molecule has 0 saturated heterocycles. The lowest BCUT2D eigenvalue weighted by molar-refractivity contribution is 0.415. The molecule has 19 heavy (non-hydrogen) atoms. The number of nitrogens with zero attached hydrogens (tertiary/aromatic N) is 1. The molecule has 0 saturated carbocycles. The van der Waals surface area contributed by atoms with Gasteiger partial charge in [0.1, 0.15) is 23.1 Å². The normalized spacial score (nSPS) is 10.8. The average Bonchev–Trinajstić information content (AvgIpc) is 2.80. The van der Waals surface area contributed by atoms with Gasteiger partial charge in [0.15, 0.2) is 0 Å². The first-order chi connectivity index (χ1) is 9.17. The minimum atomic E-state index is -0.522. The molecule has 0 unspecified atom stereocenters. The molecule has 0 bridgehead atoms. The molecule has 3 aromatic rings. The Labute approximate surface area is 108 Å². The van der Waals surface area contributed by atoms with Crippen LogP contribution in [-0.2, 0) is 0 Å². The maximum atomic E-state index is 13.8. The molecule has 0 amide bonds. The average molecular weight is 258 g/mol. The summed E-state index contributed by atoms with van der Waals surface area (Å²) in [6.45, 7) is 0. The van der Waals surface area contributed by atoms with E-state index in [0.717, 1.165) is 17.1 Å². The second-order valence-electron chi connectivity index (χ2n) is 4.13. The number of phenolic OH excluding ortho intramolecular Hbond substituents is 1. The molecule has 0 radical (unpaired) electrons. The predicted octanol–water partition coefficient (Wildman–Crippen LogP) is 3.08. The summed E-state index contributed by atoms with van der Waals surface area (Å²) in [5.41, 5.74) is 1.80. The third-order valence-electron chi connectivity index (χ3n) is 2.90. The van der Waals surface area contributed by atoms with Crippen molar-refractivity contribution in [1.82, 2.24) is 9.97 Å². The lowest BCUT2D eigenvalue weighted by atomic mass is 10.2. The molecule has 0 aliphatic carbocycles. The van der Waals surface area contributed by atoms with Crippen LogP contribution >= 0.6 is 0 Å². The van der Waals surface area contributed by atoms with E-state index in [1.54, 1.807) is 25.3 Å². The van der Waals surface area contributed by atoms with E-state index in [2.05, 4.69) is 9.97 Å². The Hall–Kier alpha value is -2.56. The van der Waals surface area contributed by atoms with Gasteiger partial charge in [0.05, 0.1) is 23.7 Å². The van der Waals surface area contributed by atoms with Gasteiger partial charge in [-0.2, -0.15) is 0 Å². The van der Waals surface area contributed by atoms with E-state index in [-0.39, 0.29) is 5.75 Å². The molecule has 96 valence electrons. The zero-order valence-electron chi connectivity index (χ0n) is 10.1. The van der Waals surface area contributed by atoms with Gasteiger partial charge in [-0.15, -0.1) is 0 Å². The number of fused-ring (bicyclic) bond motifs is 1. The van der Waals surface area contributed by atoms with Crippen LogP contribution in [-0.4, -0.2) is 22.2 Å². The molecule has 5 heteroatoms. The van der Waals surface area contributed by atoms with Crippen molar-refractivity contribution in [1.29, 1.82) is 0 Å². The number of benzene rings is 2. The first-order valence-corrected chi connectivity index (χ1v) is 5.70. The van der Waals surface area contributed by atoms with Crippen LogP contribution in [0.3, 0.4) is 0 Å². The summed E-state index contributed by atoms with van der Waals surface area (Å²) in [6.07, 6.45) is 0. The minimum Gasteiger partial charge on any atom is -0.508 e. The van der Waals surface area contributed by atoms with Crippen LogP contribution < -0.4 is 4.74 Å². The second-order valence-corrected chi connectivity index (χ2v) is 4.13. The van der Waals surface area contributed by atoms with Crippen molar-refractivity contribution in [2.45, 2.75) is 0 Å². The molecule has 2 aromatic carbocycles. The van der Waals surface area contributed by atoms with Crippen LogP contribution in [0.15, 0.2) is 36.4 Å². The molecular weight excluding hydrogens is 247 g/mol. The van der Waals surface area contributed by atoms with Crippen molar-refractivity contribution in [3.8, 4) is 22.9 Å². The summed E-state index contributed by atoms with van der Waals surface area (Å²) < 4.78 is 18.9. The van der Waals surface area contributed by atoms with Gasteiger partial charge in [-0.25, -0.2) is 9.37 Å². The predicted molar refractivity (Wildman–Crippen MR) is 69.7 cm³/mol. The fourth-order valence-corrected chi connectivity index (χ4v) is 1.94. The van der Waals surface area contributed by atoms with Gasteiger partial charge in [0.2, 0.25) is 0 Å². The van der Waals surface area contributed by atoms with E-state index in [1.807, 2.05) is 0 Å². The number of hydrogen-bond donors (Lipinski definition) is 2. The largest absolute Gasteiger partial charge is 0.508 e. The van der Waals surface area contributed by atoms with Crippen LogP contribution in [0.25, 0.3) is 22.4 Å². The number of aromatic amines is 1. The van der Waals surface area contributed by atoms with Gasteiger partial charge >= 0.3 is 0 Å². The Bertz CT molecular complexity index is 752. The SMILES string of the molecule is COc1ccc2nc(-c3ccc(O)cc3F)[nH]c2c1. The molecule has 0 atom stereocenters. The maximum Gasteiger partial charge on any atom is 0.141 e. The van der Waals surface area contributed by atoms with Crippen molar-refractivity contribution in [2.75, 3.05) is 7.11 Å². The Kier molecular flexibility index (Phi) is 2.59. The molecule has 0 aliphatic rings. The van der Waals surface area contributed by atoms with Crippen molar-refractivity contribution < 1.29 is 14.2 Å². The maximum absolute atomic E-state index is 13.8. The Morgan fingerprint density at radius 3 is 2.79 bits per heavy atom. The van der Waals surface area contributed by atoms with Gasteiger partial charge in [0.25, 0.3) is 0 Å². The van der Waals surface area contributed by atoms with Gasteiger partial charge in [-0.05, 0) is 24.3 Å². The quantitative estimate of drug-likeness (QED) is 0.742. The van der Waals surface area contributed by atoms with Gasteiger partial charge < -0.3 is 14.8 Å². The molecular formula is C14H11FN2O2. The molecule has 2 N–H and O–H groups in total. The number of imidazole rings is 1. The van der Waals surface area contributed by atoms with Gasteiger partial charge in [0, 0.05) is 12.1 Å². The van der Waals surface area contributed by atoms with E-state index in [4.69, 9.17) is 4.74 Å². The number of aromatic hydroxyl groups is 1. The topological polar surface area (TPSA) is 58.1 Å². The monoisotopic (exact) mass is 258 g/mol. The highest BCUT2D eigenvalue weighted by atomic mass is 19.1. The smallest absolute Gasteiger partial charge is 0.141 e. The van der Waals surface area contributed by atoms with Crippen LogP contribution in [0, 0.1) is 5.82 Å². The second kappa shape index (κ2) is 4.28. The summed E-state index contributed by atoms with van der Waals surface area (Å²) in [4.78, 5) is 7.35. The Balaban J connectivity index is 2.14. The summed E-state index contributed by atoms with van der Waals surface area (Å²) in [5, 5.41) is 9.21. The molecule has 4 nitrogen and oxygen atoms in total. The molecule has 0 spiro atoms. The first kappa shape index (κ1) is 11.5. The van der Waals surface area contributed by atoms with E-state index in [0.29, 0.717) is 17.1 Å². The van der Waals surface area contributed by atoms with Crippen molar-refractivity contribution in [2.24, 2.45) is 0 Å². The summed E-state index contributed by atoms with van der Waals surface area (Å²) in [5.74, 6) is 0.486. The van der Waals surface area contributed by atoms with Crippen LogP contribution in [0.2, 0.25) is 0 Å². The Morgan fingerprint density at radius 1 is 1.21 bits per heavy atom. The highest BCUT2D eigenvalue weighted by Gasteiger charge is 2.11. The minimum absolute atomic E-state index is 0.112. The number of ether oxygens (including phenoxy) is 1. The van der Waals surface area contributed by atoms with Crippen LogP contribution in [0.5, 0.6) is 11.5 Å². The zero-order valence-corrected chi connectivity index (χ0v) is 10.1. The summed E-state index contributed by atoms with van der Waals surface area (Å²) in [6, 6.07) is 9.35.